The van der Waals surface area contributed by atoms with Crippen molar-refractivity contribution in [2.24, 2.45) is 0 Å². The highest BCUT2D eigenvalue weighted by Crippen LogP contribution is 2.14. The van der Waals surface area contributed by atoms with E-state index in [1.54, 1.807) is 29.3 Å². The molecule has 0 aliphatic rings. The van der Waals surface area contributed by atoms with Crippen molar-refractivity contribution in [3.8, 4) is 0 Å². The molecule has 0 atom stereocenters. The van der Waals surface area contributed by atoms with E-state index in [0.717, 1.165) is 16.7 Å². The molecule has 0 radical (unpaired) electrons. The molecule has 0 aliphatic carbocycles. The van der Waals surface area contributed by atoms with Gasteiger partial charge in [-0.1, -0.05) is 78.4 Å². The first-order valence-corrected chi connectivity index (χ1v) is 9.93. The molecule has 0 aliphatic heterocycles. The van der Waals surface area contributed by atoms with Crippen LogP contribution in [0.2, 0.25) is 0 Å². The van der Waals surface area contributed by atoms with E-state index < -0.39 is 10.0 Å². The Morgan fingerprint density at radius 2 is 1.19 bits per heavy atom. The van der Waals surface area contributed by atoms with E-state index in [1.807, 2.05) is 67.6 Å². The lowest BCUT2D eigenvalue weighted by Crippen LogP contribution is -2.41. The largest absolute Gasteiger partial charge is 0.253 e. The third-order valence-corrected chi connectivity index (χ3v) is 5.40. The molecular weight excluding hydrogens is 344 g/mol. The second kappa shape index (κ2) is 8.27. The van der Waals surface area contributed by atoms with E-state index in [2.05, 4.69) is 4.83 Å². The summed E-state index contributed by atoms with van der Waals surface area (Å²) in [4.78, 5) is 2.99. The Kier molecular flexibility index (Phi) is 5.83. The molecular formula is C21H22N2O2S. The van der Waals surface area contributed by atoms with Crippen LogP contribution in [0.3, 0.4) is 0 Å². The van der Waals surface area contributed by atoms with Gasteiger partial charge in [0.25, 0.3) is 10.0 Å². The first-order valence-electron chi connectivity index (χ1n) is 8.45. The number of nitrogens with one attached hydrogen (secondary N) is 1. The smallest absolute Gasteiger partial charge is 0.222 e. The normalized spacial score (nSPS) is 11.6. The molecule has 5 heteroatoms. The molecule has 0 saturated carbocycles. The number of nitrogens with zero attached hydrogens (tertiary/aromatic N) is 1. The molecule has 0 saturated heterocycles. The van der Waals surface area contributed by atoms with Crippen LogP contribution in [0.25, 0.3) is 0 Å². The number of hydrogen-bond acceptors (Lipinski definition) is 3. The summed E-state index contributed by atoms with van der Waals surface area (Å²) in [5.74, 6) is 0. The molecule has 3 aromatic carbocycles. The van der Waals surface area contributed by atoms with Gasteiger partial charge in [0.05, 0.1) is 4.90 Å². The standard InChI is InChI=1S/C21H22N2O2S/c1-18-12-14-21(15-13-18)26(24,25)22-23(16-19-8-4-2-5-9-19)17-20-10-6-3-7-11-20/h2-15,22H,16-17H2,1H3. The van der Waals surface area contributed by atoms with Crippen molar-refractivity contribution in [2.45, 2.75) is 24.9 Å². The topological polar surface area (TPSA) is 49.4 Å². The van der Waals surface area contributed by atoms with Gasteiger partial charge < -0.3 is 0 Å². The van der Waals surface area contributed by atoms with Crippen LogP contribution in [-0.2, 0) is 23.1 Å². The zero-order chi connectivity index (χ0) is 18.4. The minimum atomic E-state index is -3.64. The van der Waals surface area contributed by atoms with Crippen LogP contribution in [0.5, 0.6) is 0 Å². The maximum atomic E-state index is 12.8. The lowest BCUT2D eigenvalue weighted by atomic mass is 10.2. The number of hydrazine groups is 1. The molecule has 3 rings (SSSR count). The SMILES string of the molecule is Cc1ccc(S(=O)(=O)NN(Cc2ccccc2)Cc2ccccc2)cc1. The van der Waals surface area contributed by atoms with Crippen LogP contribution in [0.15, 0.2) is 89.8 Å². The number of aryl methyl sites for hydroxylation is 1. The molecule has 0 spiro atoms. The van der Waals surface area contributed by atoms with E-state index in [-0.39, 0.29) is 4.90 Å². The van der Waals surface area contributed by atoms with E-state index in [9.17, 15) is 8.42 Å². The van der Waals surface area contributed by atoms with Gasteiger partial charge >= 0.3 is 0 Å². The Balaban J connectivity index is 1.83. The van der Waals surface area contributed by atoms with Gasteiger partial charge in [0.1, 0.15) is 0 Å². The average molecular weight is 366 g/mol. The number of hydrogen-bond donors (Lipinski definition) is 1. The van der Waals surface area contributed by atoms with Gasteiger partial charge in [-0.15, -0.1) is 4.83 Å². The lowest BCUT2D eigenvalue weighted by Gasteiger charge is -2.23. The molecule has 0 unspecified atom stereocenters. The summed E-state index contributed by atoms with van der Waals surface area (Å²) in [6, 6.07) is 26.5. The zero-order valence-electron chi connectivity index (χ0n) is 14.7. The van der Waals surface area contributed by atoms with Crippen molar-refractivity contribution in [1.82, 2.24) is 9.84 Å². The Labute approximate surface area is 155 Å². The highest BCUT2D eigenvalue weighted by Gasteiger charge is 2.18. The van der Waals surface area contributed by atoms with Gasteiger partial charge in [-0.3, -0.25) is 0 Å². The maximum absolute atomic E-state index is 12.8. The van der Waals surface area contributed by atoms with E-state index in [4.69, 9.17) is 0 Å². The van der Waals surface area contributed by atoms with Crippen LogP contribution in [0.4, 0.5) is 0 Å². The van der Waals surface area contributed by atoms with Crippen molar-refractivity contribution in [3.05, 3.63) is 102 Å². The Morgan fingerprint density at radius 3 is 1.65 bits per heavy atom. The summed E-state index contributed by atoms with van der Waals surface area (Å²) in [5, 5.41) is 1.72. The summed E-state index contributed by atoms with van der Waals surface area (Å²) >= 11 is 0. The van der Waals surface area contributed by atoms with Gasteiger partial charge in [-0.2, -0.15) is 0 Å². The van der Waals surface area contributed by atoms with Gasteiger partial charge in [0.2, 0.25) is 0 Å². The van der Waals surface area contributed by atoms with Gasteiger partial charge in [-0.05, 0) is 30.2 Å². The van der Waals surface area contributed by atoms with Crippen molar-refractivity contribution in [2.75, 3.05) is 0 Å². The van der Waals surface area contributed by atoms with Crippen molar-refractivity contribution < 1.29 is 8.42 Å². The number of benzene rings is 3. The maximum Gasteiger partial charge on any atom is 0.253 e. The Morgan fingerprint density at radius 1 is 0.731 bits per heavy atom. The highest BCUT2D eigenvalue weighted by molar-refractivity contribution is 7.89. The van der Waals surface area contributed by atoms with Crippen LogP contribution < -0.4 is 4.83 Å². The van der Waals surface area contributed by atoms with E-state index in [0.29, 0.717) is 13.1 Å². The molecule has 0 bridgehead atoms. The van der Waals surface area contributed by atoms with Gasteiger partial charge in [0, 0.05) is 13.1 Å². The third-order valence-electron chi connectivity index (χ3n) is 4.01. The fourth-order valence-electron chi connectivity index (χ4n) is 2.67. The zero-order valence-corrected chi connectivity index (χ0v) is 15.5. The first kappa shape index (κ1) is 18.3. The summed E-state index contributed by atoms with van der Waals surface area (Å²) in [5.41, 5.74) is 3.10. The Bertz CT molecular complexity index is 883. The second-order valence-electron chi connectivity index (χ2n) is 6.24. The van der Waals surface area contributed by atoms with Crippen molar-refractivity contribution in [3.63, 3.8) is 0 Å². The molecule has 0 heterocycles. The summed E-state index contributed by atoms with van der Waals surface area (Å²) < 4.78 is 25.6. The number of rotatable bonds is 7. The predicted molar refractivity (Wildman–Crippen MR) is 104 cm³/mol. The van der Waals surface area contributed by atoms with Crippen LogP contribution in [-0.4, -0.2) is 13.4 Å². The fourth-order valence-corrected chi connectivity index (χ4v) is 3.74. The average Bonchev–Trinajstić information content (AvgIpc) is 2.63. The lowest BCUT2D eigenvalue weighted by molar-refractivity contribution is 0.222. The van der Waals surface area contributed by atoms with Crippen LogP contribution in [0, 0.1) is 6.92 Å². The van der Waals surface area contributed by atoms with Crippen molar-refractivity contribution in [1.29, 1.82) is 0 Å². The molecule has 134 valence electrons. The molecule has 0 amide bonds. The van der Waals surface area contributed by atoms with Crippen LogP contribution >= 0.6 is 0 Å². The van der Waals surface area contributed by atoms with Crippen molar-refractivity contribution >= 4 is 10.0 Å². The highest BCUT2D eigenvalue weighted by atomic mass is 32.2. The minimum Gasteiger partial charge on any atom is -0.222 e. The van der Waals surface area contributed by atoms with E-state index >= 15 is 0 Å². The molecule has 3 aromatic rings. The summed E-state index contributed by atoms with van der Waals surface area (Å²) in [6.07, 6.45) is 0. The molecule has 0 fully saturated rings. The van der Waals surface area contributed by atoms with Crippen LogP contribution in [0.1, 0.15) is 16.7 Å². The molecule has 4 nitrogen and oxygen atoms in total. The number of sulfonamides is 1. The van der Waals surface area contributed by atoms with E-state index in [1.165, 1.54) is 0 Å². The van der Waals surface area contributed by atoms with Gasteiger partial charge in [-0.25, -0.2) is 13.4 Å². The fraction of sp³-hybridized carbons (Fsp3) is 0.143. The summed E-state index contributed by atoms with van der Waals surface area (Å²) in [7, 11) is -3.64. The molecule has 0 aromatic heterocycles. The quantitative estimate of drug-likeness (QED) is 0.646. The minimum absolute atomic E-state index is 0.259. The van der Waals surface area contributed by atoms with Gasteiger partial charge in [0.15, 0.2) is 0 Å². The third kappa shape index (κ3) is 5.02. The predicted octanol–water partition coefficient (Wildman–Crippen LogP) is 3.89. The Hall–Kier alpha value is -2.47. The summed E-state index contributed by atoms with van der Waals surface area (Å²) in [6.45, 7) is 2.88. The first-order chi connectivity index (χ1) is 12.5. The monoisotopic (exact) mass is 366 g/mol. The molecule has 1 N–H and O–H groups in total. The second-order valence-corrected chi connectivity index (χ2v) is 7.90. The molecule has 26 heavy (non-hydrogen) atoms.